The monoisotopic (exact) mass is 280 g/mol. The summed E-state index contributed by atoms with van der Waals surface area (Å²) < 4.78 is 0. The Morgan fingerprint density at radius 2 is 1.67 bits per heavy atom. The number of aryl methyl sites for hydroxylation is 2. The van der Waals surface area contributed by atoms with Crippen LogP contribution >= 0.6 is 0 Å². The largest absolute Gasteiger partial charge is 0.366 e. The molecule has 1 fully saturated rings. The zero-order valence-electron chi connectivity index (χ0n) is 13.1. The number of hydrogen-bond acceptors (Lipinski definition) is 2. The molecule has 0 spiro atoms. The molecule has 2 aromatic rings. The van der Waals surface area contributed by atoms with E-state index in [1.165, 1.54) is 22.4 Å². The fourth-order valence-electron chi connectivity index (χ4n) is 3.25. The van der Waals surface area contributed by atoms with Crippen LogP contribution < -0.4 is 10.2 Å². The van der Waals surface area contributed by atoms with Gasteiger partial charge in [0.15, 0.2) is 0 Å². The Hall–Kier alpha value is -1.80. The van der Waals surface area contributed by atoms with E-state index in [0.29, 0.717) is 12.1 Å². The molecule has 0 aliphatic carbocycles. The lowest BCUT2D eigenvalue weighted by molar-refractivity contribution is 0.414. The second-order valence-electron chi connectivity index (χ2n) is 6.22. The first-order valence-corrected chi connectivity index (χ1v) is 7.77. The van der Waals surface area contributed by atoms with Crippen molar-refractivity contribution in [2.24, 2.45) is 0 Å². The van der Waals surface area contributed by atoms with Gasteiger partial charge in [0.1, 0.15) is 0 Å². The zero-order chi connectivity index (χ0) is 14.8. The first-order valence-electron chi connectivity index (χ1n) is 7.77. The van der Waals surface area contributed by atoms with E-state index in [1.807, 2.05) is 0 Å². The molecular weight excluding hydrogens is 256 g/mol. The number of nitrogens with zero attached hydrogens (tertiary/aromatic N) is 1. The molecule has 110 valence electrons. The summed E-state index contributed by atoms with van der Waals surface area (Å²) in [5.74, 6) is 0. The van der Waals surface area contributed by atoms with Gasteiger partial charge in [-0.1, -0.05) is 36.4 Å². The molecule has 0 bridgehead atoms. The van der Waals surface area contributed by atoms with Crippen molar-refractivity contribution in [3.63, 3.8) is 0 Å². The SMILES string of the molecule is Cc1cc(C)cc(N2CC(c3ccccc3)NCC2C)c1. The van der Waals surface area contributed by atoms with E-state index in [9.17, 15) is 0 Å². The fraction of sp³-hybridized carbons (Fsp3) is 0.368. The van der Waals surface area contributed by atoms with E-state index >= 15 is 0 Å². The molecule has 3 rings (SSSR count). The van der Waals surface area contributed by atoms with Crippen LogP contribution in [-0.2, 0) is 0 Å². The minimum atomic E-state index is 0.406. The van der Waals surface area contributed by atoms with Crippen molar-refractivity contribution in [1.29, 1.82) is 0 Å². The third-order valence-corrected chi connectivity index (χ3v) is 4.31. The Bertz CT molecular complexity index is 586. The number of hydrogen-bond donors (Lipinski definition) is 1. The minimum absolute atomic E-state index is 0.406. The molecule has 1 saturated heterocycles. The lowest BCUT2D eigenvalue weighted by Gasteiger charge is -2.41. The summed E-state index contributed by atoms with van der Waals surface area (Å²) in [6.45, 7) is 8.70. The molecular formula is C19H24N2. The van der Waals surface area contributed by atoms with Crippen molar-refractivity contribution >= 4 is 5.69 Å². The molecule has 21 heavy (non-hydrogen) atoms. The molecule has 1 aliphatic heterocycles. The average molecular weight is 280 g/mol. The molecule has 2 unspecified atom stereocenters. The van der Waals surface area contributed by atoms with Crippen molar-refractivity contribution in [2.75, 3.05) is 18.0 Å². The van der Waals surface area contributed by atoms with Gasteiger partial charge in [-0.2, -0.15) is 0 Å². The Labute approximate surface area is 127 Å². The highest BCUT2D eigenvalue weighted by molar-refractivity contribution is 5.52. The highest BCUT2D eigenvalue weighted by Gasteiger charge is 2.26. The Balaban J connectivity index is 1.87. The molecule has 2 aromatic carbocycles. The van der Waals surface area contributed by atoms with E-state index in [1.54, 1.807) is 0 Å². The second kappa shape index (κ2) is 5.90. The number of nitrogens with one attached hydrogen (secondary N) is 1. The van der Waals surface area contributed by atoms with E-state index in [0.717, 1.165) is 13.1 Å². The highest BCUT2D eigenvalue weighted by Crippen LogP contribution is 2.27. The third kappa shape index (κ3) is 3.11. The zero-order valence-corrected chi connectivity index (χ0v) is 13.1. The lowest BCUT2D eigenvalue weighted by atomic mass is 10.0. The van der Waals surface area contributed by atoms with Gasteiger partial charge in [0, 0.05) is 30.9 Å². The summed E-state index contributed by atoms with van der Waals surface area (Å²) in [7, 11) is 0. The maximum atomic E-state index is 3.67. The average Bonchev–Trinajstić information content (AvgIpc) is 2.47. The fourth-order valence-corrected chi connectivity index (χ4v) is 3.25. The third-order valence-electron chi connectivity index (χ3n) is 4.31. The van der Waals surface area contributed by atoms with E-state index in [4.69, 9.17) is 0 Å². The lowest BCUT2D eigenvalue weighted by Crippen LogP contribution is -2.51. The number of piperazine rings is 1. The number of benzene rings is 2. The van der Waals surface area contributed by atoms with E-state index < -0.39 is 0 Å². The van der Waals surface area contributed by atoms with Crippen molar-refractivity contribution in [3.8, 4) is 0 Å². The second-order valence-corrected chi connectivity index (χ2v) is 6.22. The topological polar surface area (TPSA) is 15.3 Å². The smallest absolute Gasteiger partial charge is 0.0499 e. The summed E-state index contributed by atoms with van der Waals surface area (Å²) in [5, 5.41) is 3.67. The van der Waals surface area contributed by atoms with Crippen molar-refractivity contribution in [2.45, 2.75) is 32.9 Å². The van der Waals surface area contributed by atoms with Crippen LogP contribution in [0.1, 0.15) is 29.7 Å². The van der Waals surface area contributed by atoms with Crippen molar-refractivity contribution < 1.29 is 0 Å². The van der Waals surface area contributed by atoms with Gasteiger partial charge in [0.2, 0.25) is 0 Å². The normalized spacial score (nSPS) is 22.3. The predicted molar refractivity (Wildman–Crippen MR) is 89.9 cm³/mol. The number of anilines is 1. The molecule has 1 N–H and O–H groups in total. The quantitative estimate of drug-likeness (QED) is 0.899. The van der Waals surface area contributed by atoms with Gasteiger partial charge >= 0.3 is 0 Å². The first kappa shape index (κ1) is 14.2. The summed E-state index contributed by atoms with van der Waals surface area (Å²) in [6, 6.07) is 18.5. The predicted octanol–water partition coefficient (Wildman–Crippen LogP) is 3.84. The van der Waals surface area contributed by atoms with Gasteiger partial charge in [-0.05, 0) is 49.6 Å². The van der Waals surface area contributed by atoms with Gasteiger partial charge in [-0.15, -0.1) is 0 Å². The van der Waals surface area contributed by atoms with Crippen LogP contribution in [0.3, 0.4) is 0 Å². The summed E-state index contributed by atoms with van der Waals surface area (Å²) in [4.78, 5) is 2.54. The van der Waals surface area contributed by atoms with Crippen molar-refractivity contribution in [1.82, 2.24) is 5.32 Å². The first-order chi connectivity index (χ1) is 10.1. The Kier molecular flexibility index (Phi) is 3.98. The van der Waals surface area contributed by atoms with Gasteiger partial charge in [0.25, 0.3) is 0 Å². The highest BCUT2D eigenvalue weighted by atomic mass is 15.2. The number of rotatable bonds is 2. The standard InChI is InChI=1S/C19H24N2/c1-14-9-15(2)11-18(10-14)21-13-19(20-12-16(21)3)17-7-5-4-6-8-17/h4-11,16,19-20H,12-13H2,1-3H3. The van der Waals surface area contributed by atoms with Crippen LogP contribution in [0.2, 0.25) is 0 Å². The maximum absolute atomic E-state index is 3.67. The van der Waals surface area contributed by atoms with Crippen LogP contribution in [0.4, 0.5) is 5.69 Å². The molecule has 0 amide bonds. The van der Waals surface area contributed by atoms with Gasteiger partial charge < -0.3 is 10.2 Å². The Morgan fingerprint density at radius 3 is 2.33 bits per heavy atom. The molecule has 1 aliphatic rings. The molecule has 0 aromatic heterocycles. The summed E-state index contributed by atoms with van der Waals surface area (Å²) >= 11 is 0. The minimum Gasteiger partial charge on any atom is -0.366 e. The van der Waals surface area contributed by atoms with Gasteiger partial charge in [-0.25, -0.2) is 0 Å². The molecule has 0 radical (unpaired) electrons. The van der Waals surface area contributed by atoms with E-state index in [2.05, 4.69) is 79.5 Å². The van der Waals surface area contributed by atoms with Crippen molar-refractivity contribution in [3.05, 3.63) is 65.2 Å². The van der Waals surface area contributed by atoms with E-state index in [-0.39, 0.29) is 0 Å². The van der Waals surface area contributed by atoms with Crippen LogP contribution in [0.5, 0.6) is 0 Å². The van der Waals surface area contributed by atoms with Crippen LogP contribution in [0.25, 0.3) is 0 Å². The molecule has 2 nitrogen and oxygen atoms in total. The van der Waals surface area contributed by atoms with Crippen LogP contribution in [0, 0.1) is 13.8 Å². The maximum Gasteiger partial charge on any atom is 0.0499 e. The van der Waals surface area contributed by atoms with Gasteiger partial charge in [0.05, 0.1) is 0 Å². The van der Waals surface area contributed by atoms with Crippen LogP contribution in [-0.4, -0.2) is 19.1 Å². The Morgan fingerprint density at radius 1 is 1.00 bits per heavy atom. The molecule has 2 heteroatoms. The molecule has 1 heterocycles. The summed E-state index contributed by atoms with van der Waals surface area (Å²) in [6.07, 6.45) is 0. The molecule has 2 atom stereocenters. The van der Waals surface area contributed by atoms with Gasteiger partial charge in [-0.3, -0.25) is 0 Å². The van der Waals surface area contributed by atoms with Crippen LogP contribution in [0.15, 0.2) is 48.5 Å². The summed E-state index contributed by atoms with van der Waals surface area (Å²) in [5.41, 5.74) is 5.40. The molecule has 0 saturated carbocycles.